The van der Waals surface area contributed by atoms with Crippen LogP contribution in [-0.4, -0.2) is 17.9 Å². The van der Waals surface area contributed by atoms with Crippen molar-refractivity contribution in [1.29, 1.82) is 0 Å². The molecule has 0 aliphatic heterocycles. The molecular weight excluding hydrogens is 550 g/mol. The summed E-state index contributed by atoms with van der Waals surface area (Å²) in [4.78, 5) is 14.0. The molecule has 0 heterocycles. The SMILES string of the molecule is C=C=C(NC(C)C)NC(C(=O)CCC[C@@H](C(C)C(=C=C)CC(CCC)C(=C=C)C(N)=C=C)C(C)(C)C)C1Cc2ccccc2C1. The zero-order chi connectivity index (χ0) is 33.7. The number of rotatable bonds is 18. The summed E-state index contributed by atoms with van der Waals surface area (Å²) in [6.07, 6.45) is 6.83. The monoisotopic (exact) mass is 609 g/mol. The fourth-order valence-corrected chi connectivity index (χ4v) is 7.14. The number of Topliss-reactive ketones (excluding diaryl/α,β-unsaturated/α-hetero) is 1. The van der Waals surface area contributed by atoms with Crippen LogP contribution in [0.1, 0.15) is 98.1 Å². The lowest BCUT2D eigenvalue weighted by Crippen LogP contribution is -2.46. The molecule has 4 atom stereocenters. The Morgan fingerprint density at radius 1 is 0.956 bits per heavy atom. The van der Waals surface area contributed by atoms with Gasteiger partial charge >= 0.3 is 0 Å². The van der Waals surface area contributed by atoms with Gasteiger partial charge in [0.15, 0.2) is 5.78 Å². The number of nitrogens with two attached hydrogens (primary N) is 1. The van der Waals surface area contributed by atoms with Gasteiger partial charge in [0.25, 0.3) is 0 Å². The molecule has 4 heteroatoms. The Morgan fingerprint density at radius 3 is 2.04 bits per heavy atom. The first-order valence-corrected chi connectivity index (χ1v) is 16.8. The van der Waals surface area contributed by atoms with Crippen LogP contribution in [0.5, 0.6) is 0 Å². The lowest BCUT2D eigenvalue weighted by atomic mass is 9.67. The largest absolute Gasteiger partial charge is 0.392 e. The molecule has 0 spiro atoms. The van der Waals surface area contributed by atoms with Gasteiger partial charge in [0.05, 0.1) is 11.7 Å². The van der Waals surface area contributed by atoms with Crippen LogP contribution in [0, 0.1) is 29.1 Å². The zero-order valence-electron chi connectivity index (χ0n) is 29.2. The van der Waals surface area contributed by atoms with Crippen LogP contribution in [-0.2, 0) is 17.6 Å². The van der Waals surface area contributed by atoms with E-state index in [1.54, 1.807) is 0 Å². The van der Waals surface area contributed by atoms with E-state index >= 15 is 0 Å². The number of hydrogen-bond acceptors (Lipinski definition) is 4. The molecule has 4 nitrogen and oxygen atoms in total. The number of allylic oxidation sites excluding steroid dienone is 2. The molecule has 0 aromatic heterocycles. The van der Waals surface area contributed by atoms with Crippen molar-refractivity contribution in [3.8, 4) is 0 Å². The summed E-state index contributed by atoms with van der Waals surface area (Å²) in [5, 5.41) is 6.89. The third kappa shape index (κ3) is 10.7. The molecular formula is C41H59N3O. The molecule has 0 fully saturated rings. The summed E-state index contributed by atoms with van der Waals surface area (Å²) in [5.74, 6) is 1.88. The number of benzene rings is 1. The van der Waals surface area contributed by atoms with Crippen molar-refractivity contribution < 1.29 is 4.79 Å². The molecule has 0 saturated heterocycles. The molecule has 1 aliphatic rings. The smallest absolute Gasteiger partial charge is 0.155 e. The minimum atomic E-state index is -0.302. The van der Waals surface area contributed by atoms with Gasteiger partial charge in [0, 0.05) is 18.0 Å². The number of nitrogens with one attached hydrogen (secondary N) is 2. The summed E-state index contributed by atoms with van der Waals surface area (Å²) in [7, 11) is 0. The quantitative estimate of drug-likeness (QED) is 0.115. The molecule has 1 aliphatic carbocycles. The van der Waals surface area contributed by atoms with Crippen molar-refractivity contribution in [2.45, 2.75) is 112 Å². The Labute approximate surface area is 274 Å². The third-order valence-electron chi connectivity index (χ3n) is 9.42. The Bertz CT molecular complexity index is 1340. The molecule has 0 saturated carbocycles. The highest BCUT2D eigenvalue weighted by atomic mass is 16.1. The van der Waals surface area contributed by atoms with Gasteiger partial charge in [-0.3, -0.25) is 4.79 Å². The van der Waals surface area contributed by atoms with Crippen molar-refractivity contribution in [2.24, 2.45) is 34.8 Å². The van der Waals surface area contributed by atoms with Gasteiger partial charge in [-0.1, -0.05) is 97.4 Å². The van der Waals surface area contributed by atoms with Crippen LogP contribution >= 0.6 is 0 Å². The van der Waals surface area contributed by atoms with Crippen LogP contribution in [0.4, 0.5) is 0 Å². The molecule has 0 amide bonds. The van der Waals surface area contributed by atoms with E-state index < -0.39 is 0 Å². The lowest BCUT2D eigenvalue weighted by molar-refractivity contribution is -0.122. The maximum Gasteiger partial charge on any atom is 0.155 e. The molecule has 1 aromatic carbocycles. The van der Waals surface area contributed by atoms with Crippen molar-refractivity contribution in [1.82, 2.24) is 10.6 Å². The molecule has 0 radical (unpaired) electrons. The summed E-state index contributed by atoms with van der Waals surface area (Å²) >= 11 is 0. The summed E-state index contributed by atoms with van der Waals surface area (Å²) in [6.45, 7) is 31.1. The predicted octanol–water partition coefficient (Wildman–Crippen LogP) is 8.88. The zero-order valence-corrected chi connectivity index (χ0v) is 29.2. The van der Waals surface area contributed by atoms with Crippen molar-refractivity contribution in [3.63, 3.8) is 0 Å². The van der Waals surface area contributed by atoms with E-state index in [2.05, 4.69) is 133 Å². The van der Waals surface area contributed by atoms with Crippen molar-refractivity contribution in [2.75, 3.05) is 0 Å². The van der Waals surface area contributed by atoms with E-state index in [1.165, 1.54) is 16.7 Å². The molecule has 0 bridgehead atoms. The first-order chi connectivity index (χ1) is 21.3. The van der Waals surface area contributed by atoms with E-state index in [9.17, 15) is 4.79 Å². The van der Waals surface area contributed by atoms with Gasteiger partial charge in [-0.05, 0) is 98.2 Å². The van der Waals surface area contributed by atoms with Crippen molar-refractivity contribution >= 4 is 5.78 Å². The summed E-state index contributed by atoms with van der Waals surface area (Å²) in [6, 6.07) is 8.46. The Hall–Kier alpha value is -3.63. The highest BCUT2D eigenvalue weighted by Crippen LogP contribution is 2.42. The Morgan fingerprint density at radius 2 is 1.58 bits per heavy atom. The van der Waals surface area contributed by atoms with Crippen LogP contribution in [0.15, 0.2) is 96.2 Å². The molecule has 244 valence electrons. The molecule has 45 heavy (non-hydrogen) atoms. The van der Waals surface area contributed by atoms with E-state index in [0.29, 0.717) is 23.9 Å². The van der Waals surface area contributed by atoms with E-state index in [0.717, 1.165) is 50.5 Å². The second kappa shape index (κ2) is 17.8. The minimum absolute atomic E-state index is 0.0344. The van der Waals surface area contributed by atoms with Gasteiger partial charge in [0.1, 0.15) is 5.82 Å². The highest BCUT2D eigenvalue weighted by molar-refractivity contribution is 5.84. The molecule has 2 rings (SSSR count). The highest BCUT2D eigenvalue weighted by Gasteiger charge is 2.35. The van der Waals surface area contributed by atoms with Gasteiger partial charge in [-0.15, -0.1) is 17.2 Å². The maximum atomic E-state index is 14.0. The second-order valence-corrected chi connectivity index (χ2v) is 14.1. The predicted molar refractivity (Wildman–Crippen MR) is 191 cm³/mol. The molecule has 1 aromatic rings. The number of carbonyl (C=O) groups is 1. The number of hydrogen-bond donors (Lipinski definition) is 3. The summed E-state index contributed by atoms with van der Waals surface area (Å²) < 4.78 is 0. The summed E-state index contributed by atoms with van der Waals surface area (Å²) in [5.41, 5.74) is 23.7. The Balaban J connectivity index is 2.23. The fourth-order valence-electron chi connectivity index (χ4n) is 7.14. The van der Waals surface area contributed by atoms with Crippen LogP contribution in [0.2, 0.25) is 0 Å². The van der Waals surface area contributed by atoms with Crippen LogP contribution in [0.25, 0.3) is 0 Å². The van der Waals surface area contributed by atoms with Gasteiger partial charge < -0.3 is 16.4 Å². The average molecular weight is 610 g/mol. The first kappa shape index (κ1) is 37.6. The topological polar surface area (TPSA) is 67.1 Å². The number of ketones is 1. The van der Waals surface area contributed by atoms with Crippen LogP contribution < -0.4 is 16.4 Å². The van der Waals surface area contributed by atoms with Gasteiger partial charge in [-0.2, -0.15) is 0 Å². The first-order valence-electron chi connectivity index (χ1n) is 16.8. The fraction of sp³-hybridized carbons (Fsp3) is 0.537. The average Bonchev–Trinajstić information content (AvgIpc) is 3.42. The van der Waals surface area contributed by atoms with E-state index in [1.807, 2.05) is 0 Å². The third-order valence-corrected chi connectivity index (χ3v) is 9.42. The van der Waals surface area contributed by atoms with E-state index in [-0.39, 0.29) is 41.0 Å². The second-order valence-electron chi connectivity index (χ2n) is 14.1. The van der Waals surface area contributed by atoms with Gasteiger partial charge in [0.2, 0.25) is 0 Å². The standard InChI is InChI=1S/C41H59N3O/c1-12-20-33(35(14-3)37(42)15-4)25-30(13-2)29(8)36(41(9,10)11)23-19-24-38(45)40(44-39(16-5)43-28(6)7)34-26-31-21-17-18-22-32(31)27-34/h17-18,21-22,28-29,33-34,36,40,43-44H,2-5,12,19-20,23-27,42H2,1,6-11H3/t29?,33?,36-,40?/m0/s1. The minimum Gasteiger partial charge on any atom is -0.392 e. The number of carbonyl (C=O) groups excluding carboxylic acids is 1. The maximum absolute atomic E-state index is 14.0. The normalized spacial score (nSPS) is 15.3. The molecule has 3 unspecified atom stereocenters. The van der Waals surface area contributed by atoms with Crippen molar-refractivity contribution in [3.05, 3.63) is 107 Å². The van der Waals surface area contributed by atoms with E-state index in [4.69, 9.17) is 5.73 Å². The van der Waals surface area contributed by atoms with Gasteiger partial charge in [-0.25, -0.2) is 0 Å². The number of fused-ring (bicyclic) bond motifs is 1. The van der Waals surface area contributed by atoms with Crippen LogP contribution in [0.3, 0.4) is 0 Å². The Kier molecular flexibility index (Phi) is 14.8. The lowest BCUT2D eigenvalue weighted by Gasteiger charge is -2.37. The molecule has 4 N–H and O–H groups in total.